The molecule has 7 nitrogen and oxygen atoms in total. The average molecular weight is 522 g/mol. The van der Waals surface area contributed by atoms with Gasteiger partial charge in [0, 0.05) is 11.6 Å². The molecule has 0 bridgehead atoms. The Bertz CT molecular complexity index is 1330. The number of amides is 1. The Hall–Kier alpha value is -3.97. The standard InChI is InChI=1S/C29H28ClNO6/c1-17(2)37-22-10-5-18(6-11-22)16-31-26(19-7-12-21(35-3)13-8-19)25(28(33)29(31)34)27(32)23-15-20(30)9-14-24(23)36-4/h5-15,17,26,32H,16H2,1-4H3/b27-25+. The Morgan fingerprint density at radius 1 is 0.946 bits per heavy atom. The van der Waals surface area contributed by atoms with E-state index in [2.05, 4.69) is 0 Å². The number of Topliss-reactive ketones (excluding diaryl/α,β-unsaturated/α-hetero) is 1. The lowest BCUT2D eigenvalue weighted by Crippen LogP contribution is -2.29. The average Bonchev–Trinajstić information content (AvgIpc) is 3.14. The quantitative estimate of drug-likeness (QED) is 0.230. The van der Waals surface area contributed by atoms with E-state index in [1.165, 1.54) is 18.1 Å². The van der Waals surface area contributed by atoms with Gasteiger partial charge in [-0.3, -0.25) is 9.59 Å². The van der Waals surface area contributed by atoms with Crippen molar-refractivity contribution in [2.75, 3.05) is 14.2 Å². The molecule has 0 aliphatic carbocycles. The van der Waals surface area contributed by atoms with Crippen molar-refractivity contribution in [1.82, 2.24) is 4.90 Å². The van der Waals surface area contributed by atoms with Crippen LogP contribution in [0, 0.1) is 0 Å². The zero-order valence-electron chi connectivity index (χ0n) is 21.0. The molecular weight excluding hydrogens is 494 g/mol. The fourth-order valence-corrected chi connectivity index (χ4v) is 4.50. The summed E-state index contributed by atoms with van der Waals surface area (Å²) in [5.74, 6) is -0.214. The van der Waals surface area contributed by atoms with Crippen molar-refractivity contribution in [1.29, 1.82) is 0 Å². The van der Waals surface area contributed by atoms with Gasteiger partial charge in [0.15, 0.2) is 0 Å². The molecule has 3 aromatic carbocycles. The molecule has 1 aliphatic heterocycles. The van der Waals surface area contributed by atoms with E-state index < -0.39 is 17.7 Å². The first-order valence-electron chi connectivity index (χ1n) is 11.7. The molecule has 1 atom stereocenters. The summed E-state index contributed by atoms with van der Waals surface area (Å²) in [7, 11) is 3.01. The number of benzene rings is 3. The fourth-order valence-electron chi connectivity index (χ4n) is 4.33. The van der Waals surface area contributed by atoms with Crippen LogP contribution in [0.4, 0.5) is 0 Å². The maximum atomic E-state index is 13.4. The maximum absolute atomic E-state index is 13.4. The van der Waals surface area contributed by atoms with Crippen LogP contribution in [0.1, 0.15) is 36.6 Å². The van der Waals surface area contributed by atoms with Gasteiger partial charge in [0.25, 0.3) is 11.7 Å². The zero-order chi connectivity index (χ0) is 26.7. The van der Waals surface area contributed by atoms with E-state index in [1.807, 2.05) is 38.1 Å². The molecule has 1 N–H and O–H groups in total. The number of likely N-dealkylation sites (tertiary alicyclic amines) is 1. The van der Waals surface area contributed by atoms with Crippen LogP contribution >= 0.6 is 11.6 Å². The lowest BCUT2D eigenvalue weighted by molar-refractivity contribution is -0.140. The molecule has 1 fully saturated rings. The summed E-state index contributed by atoms with van der Waals surface area (Å²) in [6, 6.07) is 18.2. The van der Waals surface area contributed by atoms with Crippen molar-refractivity contribution in [2.24, 2.45) is 0 Å². The van der Waals surface area contributed by atoms with E-state index in [1.54, 1.807) is 43.5 Å². The number of carbonyl (C=O) groups excluding carboxylic acids is 2. The SMILES string of the molecule is COc1ccc(C2/C(=C(\O)c3cc(Cl)ccc3OC)C(=O)C(=O)N2Cc2ccc(OC(C)C)cc2)cc1. The molecular formula is C29H28ClNO6. The van der Waals surface area contributed by atoms with E-state index in [0.29, 0.717) is 27.8 Å². The van der Waals surface area contributed by atoms with Crippen LogP contribution in [-0.2, 0) is 16.1 Å². The lowest BCUT2D eigenvalue weighted by atomic mass is 9.94. The number of halogens is 1. The number of hydrogen-bond acceptors (Lipinski definition) is 6. The number of methoxy groups -OCH3 is 2. The third kappa shape index (κ3) is 5.42. The Morgan fingerprint density at radius 2 is 1.59 bits per heavy atom. The molecule has 37 heavy (non-hydrogen) atoms. The molecule has 0 aromatic heterocycles. The van der Waals surface area contributed by atoms with Gasteiger partial charge in [0.2, 0.25) is 0 Å². The van der Waals surface area contributed by atoms with Crippen LogP contribution in [0.3, 0.4) is 0 Å². The largest absolute Gasteiger partial charge is 0.507 e. The molecule has 4 rings (SSSR count). The topological polar surface area (TPSA) is 85.3 Å². The highest BCUT2D eigenvalue weighted by atomic mass is 35.5. The number of ether oxygens (including phenoxy) is 3. The summed E-state index contributed by atoms with van der Waals surface area (Å²) in [4.78, 5) is 28.1. The van der Waals surface area contributed by atoms with Crippen molar-refractivity contribution < 1.29 is 28.9 Å². The lowest BCUT2D eigenvalue weighted by Gasteiger charge is -2.26. The molecule has 3 aromatic rings. The smallest absolute Gasteiger partial charge is 0.295 e. The van der Waals surface area contributed by atoms with Gasteiger partial charge in [0.1, 0.15) is 23.0 Å². The van der Waals surface area contributed by atoms with Gasteiger partial charge >= 0.3 is 0 Å². The minimum atomic E-state index is -0.846. The van der Waals surface area contributed by atoms with E-state index in [-0.39, 0.29) is 29.5 Å². The summed E-state index contributed by atoms with van der Waals surface area (Å²) < 4.78 is 16.4. The predicted molar refractivity (Wildman–Crippen MR) is 141 cm³/mol. The minimum Gasteiger partial charge on any atom is -0.507 e. The van der Waals surface area contributed by atoms with Crippen LogP contribution < -0.4 is 14.2 Å². The molecule has 1 amide bonds. The number of carbonyl (C=O) groups is 2. The normalized spacial score (nSPS) is 16.8. The minimum absolute atomic E-state index is 0.0298. The van der Waals surface area contributed by atoms with Gasteiger partial charge in [-0.05, 0) is 67.4 Å². The van der Waals surface area contributed by atoms with Gasteiger partial charge in [0.05, 0.1) is 37.5 Å². The first-order valence-corrected chi connectivity index (χ1v) is 12.1. The number of rotatable bonds is 8. The summed E-state index contributed by atoms with van der Waals surface area (Å²) in [6.45, 7) is 4.03. The Balaban J connectivity index is 1.82. The third-order valence-electron chi connectivity index (χ3n) is 6.04. The fraction of sp³-hybridized carbons (Fsp3) is 0.241. The maximum Gasteiger partial charge on any atom is 0.295 e. The molecule has 1 unspecified atom stereocenters. The summed E-state index contributed by atoms with van der Waals surface area (Å²) in [6.07, 6.45) is 0.0298. The molecule has 0 spiro atoms. The van der Waals surface area contributed by atoms with Crippen LogP contribution in [-0.4, -0.2) is 42.0 Å². The summed E-state index contributed by atoms with van der Waals surface area (Å²) in [5.41, 5.74) is 1.62. The Labute approximate surface area is 220 Å². The summed E-state index contributed by atoms with van der Waals surface area (Å²) in [5, 5.41) is 11.7. The number of hydrogen-bond donors (Lipinski definition) is 1. The third-order valence-corrected chi connectivity index (χ3v) is 6.27. The molecule has 192 valence electrons. The second-order valence-electron chi connectivity index (χ2n) is 8.86. The van der Waals surface area contributed by atoms with E-state index in [9.17, 15) is 14.7 Å². The Kier molecular flexibility index (Phi) is 7.74. The van der Waals surface area contributed by atoms with Gasteiger partial charge in [-0.1, -0.05) is 35.9 Å². The number of aliphatic hydroxyl groups is 1. The molecule has 1 aliphatic rings. The van der Waals surface area contributed by atoms with Crippen molar-refractivity contribution in [3.8, 4) is 17.2 Å². The molecule has 0 radical (unpaired) electrons. The van der Waals surface area contributed by atoms with Crippen molar-refractivity contribution in [2.45, 2.75) is 32.5 Å². The van der Waals surface area contributed by atoms with Crippen LogP contribution in [0.25, 0.3) is 5.76 Å². The molecule has 1 heterocycles. The van der Waals surface area contributed by atoms with Gasteiger partial charge in [-0.15, -0.1) is 0 Å². The van der Waals surface area contributed by atoms with Crippen LogP contribution in [0.15, 0.2) is 72.3 Å². The monoisotopic (exact) mass is 521 g/mol. The van der Waals surface area contributed by atoms with Gasteiger partial charge in [-0.25, -0.2) is 0 Å². The highest BCUT2D eigenvalue weighted by Crippen LogP contribution is 2.42. The van der Waals surface area contributed by atoms with E-state index in [4.69, 9.17) is 25.8 Å². The van der Waals surface area contributed by atoms with Crippen LogP contribution in [0.2, 0.25) is 5.02 Å². The second-order valence-corrected chi connectivity index (χ2v) is 9.29. The molecule has 8 heteroatoms. The molecule has 1 saturated heterocycles. The second kappa shape index (κ2) is 11.0. The zero-order valence-corrected chi connectivity index (χ0v) is 21.8. The van der Waals surface area contributed by atoms with Crippen molar-refractivity contribution in [3.63, 3.8) is 0 Å². The van der Waals surface area contributed by atoms with Crippen molar-refractivity contribution in [3.05, 3.63) is 94.0 Å². The highest BCUT2D eigenvalue weighted by molar-refractivity contribution is 6.46. The number of nitrogens with zero attached hydrogens (tertiary/aromatic N) is 1. The molecule has 0 saturated carbocycles. The van der Waals surface area contributed by atoms with Gasteiger partial charge < -0.3 is 24.2 Å². The van der Waals surface area contributed by atoms with Gasteiger partial charge in [-0.2, -0.15) is 0 Å². The number of ketones is 1. The van der Waals surface area contributed by atoms with E-state index in [0.717, 1.165) is 5.56 Å². The van der Waals surface area contributed by atoms with Crippen LogP contribution in [0.5, 0.6) is 17.2 Å². The highest BCUT2D eigenvalue weighted by Gasteiger charge is 2.46. The van der Waals surface area contributed by atoms with Crippen molar-refractivity contribution >= 4 is 29.1 Å². The predicted octanol–water partition coefficient (Wildman–Crippen LogP) is 5.77. The summed E-state index contributed by atoms with van der Waals surface area (Å²) >= 11 is 6.18. The van der Waals surface area contributed by atoms with E-state index >= 15 is 0 Å². The Morgan fingerprint density at radius 3 is 2.19 bits per heavy atom. The first-order chi connectivity index (χ1) is 17.7. The first kappa shape index (κ1) is 26.1. The number of aliphatic hydroxyl groups excluding tert-OH is 1.